The Kier molecular flexibility index (Phi) is 6.02. The summed E-state index contributed by atoms with van der Waals surface area (Å²) in [5, 5.41) is 14.5. The zero-order chi connectivity index (χ0) is 15.9. The third kappa shape index (κ3) is 5.33. The van der Waals surface area contributed by atoms with Gasteiger partial charge in [-0.05, 0) is 24.0 Å². The van der Waals surface area contributed by atoms with E-state index in [-0.39, 0.29) is 23.8 Å². The summed E-state index contributed by atoms with van der Waals surface area (Å²) < 4.78 is 5.44. The Morgan fingerprint density at radius 2 is 2.10 bits per heavy atom. The number of amidine groups is 1. The van der Waals surface area contributed by atoms with Crippen LogP contribution in [0.4, 0.5) is 0 Å². The summed E-state index contributed by atoms with van der Waals surface area (Å²) in [4.78, 5) is 11.8. The van der Waals surface area contributed by atoms with Gasteiger partial charge < -0.3 is 21.0 Å². The Bertz CT molecular complexity index is 513. The van der Waals surface area contributed by atoms with Gasteiger partial charge in [0, 0.05) is 6.54 Å². The number of hydrogen-bond donors (Lipinski definition) is 3. The quantitative estimate of drug-likeness (QED) is 0.308. The van der Waals surface area contributed by atoms with Crippen LogP contribution in [0.2, 0.25) is 0 Å². The molecular formula is C15H23N3O3. The van der Waals surface area contributed by atoms with Gasteiger partial charge in [0.25, 0.3) is 5.91 Å². The molecule has 0 saturated carbocycles. The minimum Gasteiger partial charge on any atom is -0.483 e. The molecule has 1 aromatic carbocycles. The van der Waals surface area contributed by atoms with E-state index in [9.17, 15) is 4.79 Å². The van der Waals surface area contributed by atoms with Gasteiger partial charge in [-0.2, -0.15) is 0 Å². The van der Waals surface area contributed by atoms with Crippen LogP contribution in [0.1, 0.15) is 32.8 Å². The monoisotopic (exact) mass is 293 g/mol. The second-order valence-electron chi connectivity index (χ2n) is 5.56. The number of hydrogen-bond acceptors (Lipinski definition) is 4. The Morgan fingerprint density at radius 1 is 1.43 bits per heavy atom. The largest absolute Gasteiger partial charge is 0.483 e. The molecule has 116 valence electrons. The first-order valence-corrected chi connectivity index (χ1v) is 6.86. The molecule has 1 rings (SSSR count). The zero-order valence-corrected chi connectivity index (χ0v) is 12.7. The molecule has 4 N–H and O–H groups in total. The van der Waals surface area contributed by atoms with Crippen LogP contribution in [0.25, 0.3) is 0 Å². The number of oxime groups is 1. The lowest BCUT2D eigenvalue weighted by Gasteiger charge is -2.22. The van der Waals surface area contributed by atoms with E-state index in [4.69, 9.17) is 15.7 Å². The van der Waals surface area contributed by atoms with E-state index in [2.05, 4.69) is 31.2 Å². The molecule has 0 spiro atoms. The van der Waals surface area contributed by atoms with Crippen LogP contribution in [-0.2, 0) is 4.79 Å². The second kappa shape index (κ2) is 7.52. The molecule has 0 heterocycles. The molecule has 0 atom stereocenters. The molecule has 0 fully saturated rings. The fourth-order valence-electron chi connectivity index (χ4n) is 1.52. The van der Waals surface area contributed by atoms with Gasteiger partial charge in [0.05, 0.1) is 5.56 Å². The molecule has 6 nitrogen and oxygen atoms in total. The highest BCUT2D eigenvalue weighted by Gasteiger charge is 2.16. The smallest absolute Gasteiger partial charge is 0.257 e. The van der Waals surface area contributed by atoms with E-state index in [0.717, 1.165) is 6.42 Å². The minimum atomic E-state index is -0.203. The summed E-state index contributed by atoms with van der Waals surface area (Å²) in [6, 6.07) is 6.81. The fraction of sp³-hybridized carbons (Fsp3) is 0.467. The maximum atomic E-state index is 11.8. The lowest BCUT2D eigenvalue weighted by atomic mass is 9.90. The highest BCUT2D eigenvalue weighted by molar-refractivity contribution is 5.99. The summed E-state index contributed by atoms with van der Waals surface area (Å²) in [5.41, 5.74) is 6.06. The number of para-hydroxylation sites is 1. The van der Waals surface area contributed by atoms with Crippen LogP contribution in [0.3, 0.4) is 0 Å². The molecule has 1 amide bonds. The predicted octanol–water partition coefficient (Wildman–Crippen LogP) is 1.71. The number of rotatable bonds is 7. The number of amides is 1. The van der Waals surface area contributed by atoms with Crippen molar-refractivity contribution in [3.63, 3.8) is 0 Å². The van der Waals surface area contributed by atoms with E-state index >= 15 is 0 Å². The number of carbonyl (C=O) groups excluding carboxylic acids is 1. The van der Waals surface area contributed by atoms with E-state index in [1.54, 1.807) is 24.3 Å². The molecule has 6 heteroatoms. The van der Waals surface area contributed by atoms with Crippen molar-refractivity contribution in [3.8, 4) is 5.75 Å². The molecule has 0 aromatic heterocycles. The third-order valence-corrected chi connectivity index (χ3v) is 3.35. The summed E-state index contributed by atoms with van der Waals surface area (Å²) >= 11 is 0. The SMILES string of the molecule is CCC(C)(C)CNC(=O)COc1ccccc1/C(N)=N/O. The van der Waals surface area contributed by atoms with Crippen molar-refractivity contribution in [2.75, 3.05) is 13.2 Å². The third-order valence-electron chi connectivity index (χ3n) is 3.35. The molecule has 0 bridgehead atoms. The molecule has 0 aliphatic heterocycles. The average Bonchev–Trinajstić information content (AvgIpc) is 2.50. The first-order chi connectivity index (χ1) is 9.89. The summed E-state index contributed by atoms with van der Waals surface area (Å²) in [5.74, 6) is 0.140. The van der Waals surface area contributed by atoms with Crippen LogP contribution >= 0.6 is 0 Å². The second-order valence-corrected chi connectivity index (χ2v) is 5.56. The van der Waals surface area contributed by atoms with Crippen molar-refractivity contribution in [1.82, 2.24) is 5.32 Å². The molecule has 0 aliphatic rings. The summed E-state index contributed by atoms with van der Waals surface area (Å²) in [7, 11) is 0. The molecule has 0 unspecified atom stereocenters. The molecular weight excluding hydrogens is 270 g/mol. The van der Waals surface area contributed by atoms with Crippen LogP contribution in [0.5, 0.6) is 5.75 Å². The van der Waals surface area contributed by atoms with Gasteiger partial charge >= 0.3 is 0 Å². The first kappa shape index (κ1) is 16.8. The molecule has 0 radical (unpaired) electrons. The van der Waals surface area contributed by atoms with Crippen molar-refractivity contribution >= 4 is 11.7 Å². The van der Waals surface area contributed by atoms with Gasteiger partial charge in [-0.3, -0.25) is 4.79 Å². The van der Waals surface area contributed by atoms with Gasteiger partial charge in [-0.15, -0.1) is 0 Å². The number of nitrogens with two attached hydrogens (primary N) is 1. The van der Waals surface area contributed by atoms with Gasteiger partial charge in [0.1, 0.15) is 5.75 Å². The maximum absolute atomic E-state index is 11.8. The Hall–Kier alpha value is -2.24. The molecule has 1 aromatic rings. The first-order valence-electron chi connectivity index (χ1n) is 6.86. The number of benzene rings is 1. The number of nitrogens with one attached hydrogen (secondary N) is 1. The minimum absolute atomic E-state index is 0.0571. The van der Waals surface area contributed by atoms with E-state index < -0.39 is 0 Å². The Balaban J connectivity index is 2.58. The Labute approximate surface area is 125 Å². The normalized spacial score (nSPS) is 12.0. The van der Waals surface area contributed by atoms with E-state index in [1.165, 1.54) is 0 Å². The van der Waals surface area contributed by atoms with Gasteiger partial charge in [0.2, 0.25) is 0 Å². The van der Waals surface area contributed by atoms with Crippen LogP contribution in [0, 0.1) is 5.41 Å². The fourth-order valence-corrected chi connectivity index (χ4v) is 1.52. The molecule has 21 heavy (non-hydrogen) atoms. The Morgan fingerprint density at radius 3 is 2.71 bits per heavy atom. The zero-order valence-electron chi connectivity index (χ0n) is 12.7. The number of nitrogens with zero attached hydrogens (tertiary/aromatic N) is 1. The standard InChI is InChI=1S/C15H23N3O3/c1-4-15(2,3)10-17-13(19)9-21-12-8-6-5-7-11(12)14(16)18-20/h5-8,20H,4,9-10H2,1-3H3,(H2,16,18)(H,17,19). The van der Waals surface area contributed by atoms with Gasteiger partial charge in [-0.25, -0.2) is 0 Å². The summed E-state index contributed by atoms with van der Waals surface area (Å²) in [6.07, 6.45) is 0.973. The number of ether oxygens (including phenoxy) is 1. The van der Waals surface area contributed by atoms with Crippen LogP contribution < -0.4 is 15.8 Å². The predicted molar refractivity (Wildman–Crippen MR) is 81.5 cm³/mol. The van der Waals surface area contributed by atoms with Crippen LogP contribution in [0.15, 0.2) is 29.4 Å². The van der Waals surface area contributed by atoms with E-state index in [0.29, 0.717) is 17.9 Å². The van der Waals surface area contributed by atoms with Crippen molar-refractivity contribution in [3.05, 3.63) is 29.8 Å². The molecule has 0 saturated heterocycles. The van der Waals surface area contributed by atoms with Crippen LogP contribution in [-0.4, -0.2) is 30.1 Å². The van der Waals surface area contributed by atoms with Crippen molar-refractivity contribution in [2.24, 2.45) is 16.3 Å². The van der Waals surface area contributed by atoms with E-state index in [1.807, 2.05) is 0 Å². The lowest BCUT2D eigenvalue weighted by molar-refractivity contribution is -0.123. The van der Waals surface area contributed by atoms with Crippen molar-refractivity contribution in [1.29, 1.82) is 0 Å². The topological polar surface area (TPSA) is 96.9 Å². The summed E-state index contributed by atoms with van der Waals surface area (Å²) in [6.45, 7) is 6.72. The number of carbonyl (C=O) groups is 1. The van der Waals surface area contributed by atoms with Crippen molar-refractivity contribution in [2.45, 2.75) is 27.2 Å². The van der Waals surface area contributed by atoms with Gasteiger partial charge in [-0.1, -0.05) is 38.1 Å². The molecule has 0 aliphatic carbocycles. The highest BCUT2D eigenvalue weighted by Crippen LogP contribution is 2.18. The highest BCUT2D eigenvalue weighted by atomic mass is 16.5. The average molecular weight is 293 g/mol. The lowest BCUT2D eigenvalue weighted by Crippen LogP contribution is -2.36. The maximum Gasteiger partial charge on any atom is 0.257 e. The van der Waals surface area contributed by atoms with Crippen molar-refractivity contribution < 1.29 is 14.7 Å². The van der Waals surface area contributed by atoms with Gasteiger partial charge in [0.15, 0.2) is 12.4 Å².